The Bertz CT molecular complexity index is 251. The van der Waals surface area contributed by atoms with Gasteiger partial charge in [-0.3, -0.25) is 4.90 Å². The molecule has 0 radical (unpaired) electrons. The van der Waals surface area contributed by atoms with Gasteiger partial charge in [0.25, 0.3) is 0 Å². The highest BCUT2D eigenvalue weighted by molar-refractivity contribution is 4.89. The van der Waals surface area contributed by atoms with Gasteiger partial charge in [0.1, 0.15) is 0 Å². The average molecular weight is 268 g/mol. The van der Waals surface area contributed by atoms with Gasteiger partial charge in [-0.05, 0) is 45.2 Å². The molecule has 3 heteroatoms. The number of likely N-dealkylation sites (tertiary alicyclic amines) is 1. The van der Waals surface area contributed by atoms with Crippen LogP contribution in [0, 0.1) is 0 Å². The molecule has 0 aromatic carbocycles. The monoisotopic (exact) mass is 268 g/mol. The van der Waals surface area contributed by atoms with E-state index in [1.807, 2.05) is 0 Å². The second kappa shape index (κ2) is 7.61. The van der Waals surface area contributed by atoms with Crippen molar-refractivity contribution in [2.45, 2.75) is 76.4 Å². The fourth-order valence-electron chi connectivity index (χ4n) is 3.69. The average Bonchev–Trinajstić information content (AvgIpc) is 2.41. The Balaban J connectivity index is 1.84. The number of β-amino-alcohol motifs (C(OH)–C–C–N with tert-alkyl or cyclic N) is 1. The zero-order valence-corrected chi connectivity index (χ0v) is 12.7. The lowest BCUT2D eigenvalue weighted by Gasteiger charge is -2.42. The predicted octanol–water partition coefficient (Wildman–Crippen LogP) is 2.54. The van der Waals surface area contributed by atoms with Crippen molar-refractivity contribution in [2.75, 3.05) is 26.2 Å². The number of piperidine rings is 1. The van der Waals surface area contributed by atoms with Gasteiger partial charge in [0.05, 0.1) is 5.60 Å². The van der Waals surface area contributed by atoms with E-state index in [9.17, 15) is 5.11 Å². The van der Waals surface area contributed by atoms with Crippen molar-refractivity contribution < 1.29 is 5.11 Å². The summed E-state index contributed by atoms with van der Waals surface area (Å²) < 4.78 is 0. The Kier molecular flexibility index (Phi) is 6.11. The minimum Gasteiger partial charge on any atom is -0.389 e. The number of nitrogens with one attached hydrogen (secondary N) is 1. The molecule has 0 aromatic heterocycles. The van der Waals surface area contributed by atoms with Crippen molar-refractivity contribution in [3.63, 3.8) is 0 Å². The third-order valence-corrected chi connectivity index (χ3v) is 4.84. The summed E-state index contributed by atoms with van der Waals surface area (Å²) in [5.74, 6) is 0. The summed E-state index contributed by atoms with van der Waals surface area (Å²) in [6, 6.07) is 0.645. The van der Waals surface area contributed by atoms with E-state index in [0.717, 1.165) is 32.5 Å². The Labute approximate surface area is 118 Å². The Morgan fingerprint density at radius 3 is 2.68 bits per heavy atom. The molecule has 0 bridgehead atoms. The number of rotatable bonds is 6. The van der Waals surface area contributed by atoms with Crippen LogP contribution in [0.4, 0.5) is 0 Å². The first kappa shape index (κ1) is 15.3. The van der Waals surface area contributed by atoms with Gasteiger partial charge in [0.2, 0.25) is 0 Å². The second-order valence-corrected chi connectivity index (χ2v) is 6.61. The third-order valence-electron chi connectivity index (χ3n) is 4.84. The Morgan fingerprint density at radius 2 is 1.95 bits per heavy atom. The lowest BCUT2D eigenvalue weighted by Crippen LogP contribution is -2.52. The minimum absolute atomic E-state index is 0.390. The third kappa shape index (κ3) is 4.73. The number of nitrogens with zero attached hydrogens (tertiary/aromatic N) is 1. The van der Waals surface area contributed by atoms with Gasteiger partial charge in [-0.15, -0.1) is 0 Å². The molecule has 2 rings (SSSR count). The van der Waals surface area contributed by atoms with Gasteiger partial charge in [-0.1, -0.05) is 32.6 Å². The molecule has 1 saturated carbocycles. The molecule has 3 nitrogen and oxygen atoms in total. The predicted molar refractivity (Wildman–Crippen MR) is 80.4 cm³/mol. The standard InChI is InChI=1S/C16H32N2O/c1-2-11-17-13-15-8-4-7-12-18(15)14-16(19)9-5-3-6-10-16/h15,17,19H,2-14H2,1H3. The van der Waals surface area contributed by atoms with Gasteiger partial charge in [0.15, 0.2) is 0 Å². The summed E-state index contributed by atoms with van der Waals surface area (Å²) in [5.41, 5.74) is -0.390. The highest BCUT2D eigenvalue weighted by Gasteiger charge is 2.34. The zero-order chi connectivity index (χ0) is 13.6. The molecule has 19 heavy (non-hydrogen) atoms. The van der Waals surface area contributed by atoms with Crippen LogP contribution in [0.5, 0.6) is 0 Å². The summed E-state index contributed by atoms with van der Waals surface area (Å²) in [5, 5.41) is 14.3. The SMILES string of the molecule is CCCNCC1CCCCN1CC1(O)CCCCC1. The highest BCUT2D eigenvalue weighted by Crippen LogP contribution is 2.30. The lowest BCUT2D eigenvalue weighted by molar-refractivity contribution is -0.0417. The molecule has 1 aliphatic heterocycles. The molecule has 1 atom stereocenters. The van der Waals surface area contributed by atoms with E-state index in [1.54, 1.807) is 0 Å². The molecule has 112 valence electrons. The van der Waals surface area contributed by atoms with Crippen LogP contribution >= 0.6 is 0 Å². The van der Waals surface area contributed by atoms with Gasteiger partial charge >= 0.3 is 0 Å². The number of hydrogen-bond acceptors (Lipinski definition) is 3. The smallest absolute Gasteiger partial charge is 0.0774 e. The molecular formula is C16H32N2O. The first-order valence-corrected chi connectivity index (χ1v) is 8.41. The van der Waals surface area contributed by atoms with E-state index in [-0.39, 0.29) is 0 Å². The molecule has 1 unspecified atom stereocenters. The van der Waals surface area contributed by atoms with Crippen molar-refractivity contribution >= 4 is 0 Å². The van der Waals surface area contributed by atoms with Gasteiger partial charge in [-0.2, -0.15) is 0 Å². The van der Waals surface area contributed by atoms with E-state index in [1.165, 1.54) is 51.5 Å². The van der Waals surface area contributed by atoms with Crippen molar-refractivity contribution in [1.82, 2.24) is 10.2 Å². The molecule has 1 saturated heterocycles. The van der Waals surface area contributed by atoms with Gasteiger partial charge < -0.3 is 10.4 Å². The van der Waals surface area contributed by atoms with Crippen LogP contribution in [0.15, 0.2) is 0 Å². The number of hydrogen-bond donors (Lipinski definition) is 2. The van der Waals surface area contributed by atoms with Crippen LogP contribution < -0.4 is 5.32 Å². The van der Waals surface area contributed by atoms with Gasteiger partial charge in [-0.25, -0.2) is 0 Å². The first-order valence-electron chi connectivity index (χ1n) is 8.41. The quantitative estimate of drug-likeness (QED) is 0.727. The van der Waals surface area contributed by atoms with Crippen LogP contribution in [-0.4, -0.2) is 47.8 Å². The normalized spacial score (nSPS) is 28.4. The lowest BCUT2D eigenvalue weighted by atomic mass is 9.83. The highest BCUT2D eigenvalue weighted by atomic mass is 16.3. The van der Waals surface area contributed by atoms with Crippen molar-refractivity contribution in [3.05, 3.63) is 0 Å². The summed E-state index contributed by atoms with van der Waals surface area (Å²) in [7, 11) is 0. The second-order valence-electron chi connectivity index (χ2n) is 6.61. The Morgan fingerprint density at radius 1 is 1.16 bits per heavy atom. The molecule has 0 aromatic rings. The van der Waals surface area contributed by atoms with E-state index < -0.39 is 5.60 Å². The van der Waals surface area contributed by atoms with E-state index in [0.29, 0.717) is 6.04 Å². The largest absolute Gasteiger partial charge is 0.389 e. The van der Waals surface area contributed by atoms with Crippen LogP contribution in [0.2, 0.25) is 0 Å². The summed E-state index contributed by atoms with van der Waals surface area (Å²) in [6.45, 7) is 6.53. The fourth-order valence-corrected chi connectivity index (χ4v) is 3.69. The molecule has 0 spiro atoms. The van der Waals surface area contributed by atoms with Crippen molar-refractivity contribution in [1.29, 1.82) is 0 Å². The van der Waals surface area contributed by atoms with Crippen LogP contribution in [0.25, 0.3) is 0 Å². The number of aliphatic hydroxyl groups is 1. The zero-order valence-electron chi connectivity index (χ0n) is 12.7. The summed E-state index contributed by atoms with van der Waals surface area (Å²) in [4.78, 5) is 2.57. The molecule has 1 aliphatic carbocycles. The van der Waals surface area contributed by atoms with E-state index in [2.05, 4.69) is 17.1 Å². The van der Waals surface area contributed by atoms with Crippen LogP contribution in [-0.2, 0) is 0 Å². The van der Waals surface area contributed by atoms with Gasteiger partial charge in [0, 0.05) is 19.1 Å². The maximum atomic E-state index is 10.8. The van der Waals surface area contributed by atoms with Crippen LogP contribution in [0.1, 0.15) is 64.7 Å². The molecular weight excluding hydrogens is 236 g/mol. The van der Waals surface area contributed by atoms with Crippen molar-refractivity contribution in [2.24, 2.45) is 0 Å². The Hall–Kier alpha value is -0.120. The van der Waals surface area contributed by atoms with E-state index in [4.69, 9.17) is 0 Å². The molecule has 1 heterocycles. The molecule has 2 N–H and O–H groups in total. The fraction of sp³-hybridized carbons (Fsp3) is 1.00. The maximum absolute atomic E-state index is 10.8. The minimum atomic E-state index is -0.390. The topological polar surface area (TPSA) is 35.5 Å². The summed E-state index contributed by atoms with van der Waals surface area (Å²) in [6.07, 6.45) is 10.9. The molecule has 2 fully saturated rings. The summed E-state index contributed by atoms with van der Waals surface area (Å²) >= 11 is 0. The van der Waals surface area contributed by atoms with E-state index >= 15 is 0 Å². The molecule has 2 aliphatic rings. The first-order chi connectivity index (χ1) is 9.23. The van der Waals surface area contributed by atoms with Crippen molar-refractivity contribution in [3.8, 4) is 0 Å². The molecule has 0 amide bonds. The van der Waals surface area contributed by atoms with Crippen LogP contribution in [0.3, 0.4) is 0 Å². The maximum Gasteiger partial charge on any atom is 0.0774 e.